The Bertz CT molecular complexity index is 427. The maximum atomic E-state index is 12.3. The quantitative estimate of drug-likeness (QED) is 0.767. The molecule has 1 aliphatic heterocycles. The fourth-order valence-corrected chi connectivity index (χ4v) is 2.48. The average molecular weight is 245 g/mol. The third kappa shape index (κ3) is 2.78. The molecule has 0 N–H and O–H groups in total. The number of hydrogen-bond acceptors (Lipinski definition) is 2. The molecule has 0 radical (unpaired) electrons. The standard InChI is InChI=1S/C15H19NO2/c1-2-14(17)16-10-6-9-13(11-16)15(18)12-7-4-3-5-8-12/h3-5,7-8,13H,2,6,9-11H2,1H3. The monoisotopic (exact) mass is 245 g/mol. The maximum Gasteiger partial charge on any atom is 0.222 e. The van der Waals surface area contributed by atoms with Crippen LogP contribution in [0.3, 0.4) is 0 Å². The van der Waals surface area contributed by atoms with Crippen LogP contribution in [0.15, 0.2) is 30.3 Å². The van der Waals surface area contributed by atoms with Crippen molar-refractivity contribution in [2.45, 2.75) is 26.2 Å². The van der Waals surface area contributed by atoms with E-state index < -0.39 is 0 Å². The number of amides is 1. The Labute approximate surface area is 108 Å². The van der Waals surface area contributed by atoms with E-state index in [1.165, 1.54) is 0 Å². The molecule has 0 bridgehead atoms. The van der Waals surface area contributed by atoms with Gasteiger partial charge in [-0.3, -0.25) is 9.59 Å². The molecule has 0 aliphatic carbocycles. The van der Waals surface area contributed by atoms with Gasteiger partial charge in [-0.15, -0.1) is 0 Å². The van der Waals surface area contributed by atoms with Gasteiger partial charge in [0.2, 0.25) is 5.91 Å². The van der Waals surface area contributed by atoms with Gasteiger partial charge in [-0.05, 0) is 12.8 Å². The highest BCUT2D eigenvalue weighted by Gasteiger charge is 2.28. The molecule has 2 rings (SSSR count). The smallest absolute Gasteiger partial charge is 0.222 e. The van der Waals surface area contributed by atoms with E-state index in [1.807, 2.05) is 42.2 Å². The van der Waals surface area contributed by atoms with Gasteiger partial charge in [0, 0.05) is 31.0 Å². The number of Topliss-reactive ketones (excluding diaryl/α,β-unsaturated/α-hetero) is 1. The Morgan fingerprint density at radius 1 is 1.28 bits per heavy atom. The van der Waals surface area contributed by atoms with Gasteiger partial charge in [-0.1, -0.05) is 37.3 Å². The van der Waals surface area contributed by atoms with Gasteiger partial charge in [0.25, 0.3) is 0 Å². The second kappa shape index (κ2) is 5.80. The second-order valence-electron chi connectivity index (χ2n) is 4.76. The topological polar surface area (TPSA) is 37.4 Å². The molecule has 1 aromatic rings. The molecule has 1 fully saturated rings. The molecule has 96 valence electrons. The molecular weight excluding hydrogens is 226 g/mol. The minimum Gasteiger partial charge on any atom is -0.342 e. The van der Waals surface area contributed by atoms with Crippen LogP contribution >= 0.6 is 0 Å². The van der Waals surface area contributed by atoms with Crippen LogP contribution in [0.25, 0.3) is 0 Å². The van der Waals surface area contributed by atoms with Crippen molar-refractivity contribution in [3.05, 3.63) is 35.9 Å². The summed E-state index contributed by atoms with van der Waals surface area (Å²) in [6, 6.07) is 9.37. The van der Waals surface area contributed by atoms with Crippen molar-refractivity contribution in [3.63, 3.8) is 0 Å². The SMILES string of the molecule is CCC(=O)N1CCCC(C(=O)c2ccccc2)C1. The first kappa shape index (κ1) is 12.8. The zero-order chi connectivity index (χ0) is 13.0. The first-order valence-electron chi connectivity index (χ1n) is 6.59. The van der Waals surface area contributed by atoms with Crippen LogP contribution in [-0.2, 0) is 4.79 Å². The van der Waals surface area contributed by atoms with E-state index in [0.717, 1.165) is 24.9 Å². The number of hydrogen-bond donors (Lipinski definition) is 0. The highest BCUT2D eigenvalue weighted by molar-refractivity contribution is 5.98. The first-order chi connectivity index (χ1) is 8.72. The Hall–Kier alpha value is -1.64. The zero-order valence-electron chi connectivity index (χ0n) is 10.8. The number of carbonyl (C=O) groups excluding carboxylic acids is 2. The number of piperidine rings is 1. The first-order valence-corrected chi connectivity index (χ1v) is 6.59. The Balaban J connectivity index is 2.05. The van der Waals surface area contributed by atoms with Gasteiger partial charge in [0.1, 0.15) is 0 Å². The lowest BCUT2D eigenvalue weighted by molar-refractivity contribution is -0.132. The number of likely N-dealkylation sites (tertiary alicyclic amines) is 1. The molecule has 3 nitrogen and oxygen atoms in total. The van der Waals surface area contributed by atoms with Crippen molar-refractivity contribution in [1.29, 1.82) is 0 Å². The fraction of sp³-hybridized carbons (Fsp3) is 0.467. The summed E-state index contributed by atoms with van der Waals surface area (Å²) in [5.74, 6) is 0.293. The van der Waals surface area contributed by atoms with E-state index >= 15 is 0 Å². The van der Waals surface area contributed by atoms with Gasteiger partial charge in [-0.25, -0.2) is 0 Å². The van der Waals surface area contributed by atoms with Gasteiger partial charge in [0.05, 0.1) is 0 Å². The molecule has 0 saturated carbocycles. The summed E-state index contributed by atoms with van der Waals surface area (Å²) in [7, 11) is 0. The molecule has 1 aromatic carbocycles. The lowest BCUT2D eigenvalue weighted by Gasteiger charge is -2.31. The largest absolute Gasteiger partial charge is 0.342 e. The molecule has 1 heterocycles. The molecule has 1 saturated heterocycles. The molecule has 18 heavy (non-hydrogen) atoms. The van der Waals surface area contributed by atoms with E-state index in [9.17, 15) is 9.59 Å². The summed E-state index contributed by atoms with van der Waals surface area (Å²) in [4.78, 5) is 25.8. The molecule has 1 aliphatic rings. The lowest BCUT2D eigenvalue weighted by atomic mass is 9.90. The van der Waals surface area contributed by atoms with Crippen molar-refractivity contribution in [2.24, 2.45) is 5.92 Å². The van der Waals surface area contributed by atoms with Crippen LogP contribution in [0, 0.1) is 5.92 Å². The predicted molar refractivity (Wildman–Crippen MR) is 70.4 cm³/mol. The van der Waals surface area contributed by atoms with Gasteiger partial charge < -0.3 is 4.90 Å². The van der Waals surface area contributed by atoms with Gasteiger partial charge >= 0.3 is 0 Å². The van der Waals surface area contributed by atoms with Gasteiger partial charge in [-0.2, -0.15) is 0 Å². The highest BCUT2D eigenvalue weighted by atomic mass is 16.2. The van der Waals surface area contributed by atoms with Crippen molar-refractivity contribution < 1.29 is 9.59 Å². The summed E-state index contributed by atoms with van der Waals surface area (Å²) in [5.41, 5.74) is 0.758. The normalized spacial score (nSPS) is 19.6. The molecule has 0 spiro atoms. The molecule has 0 aromatic heterocycles. The van der Waals surface area contributed by atoms with Crippen LogP contribution < -0.4 is 0 Å². The predicted octanol–water partition coefficient (Wildman–Crippen LogP) is 2.52. The summed E-state index contributed by atoms with van der Waals surface area (Å²) in [6.45, 7) is 3.25. The Kier molecular flexibility index (Phi) is 4.13. The van der Waals surface area contributed by atoms with Crippen molar-refractivity contribution in [2.75, 3.05) is 13.1 Å². The number of nitrogens with zero attached hydrogens (tertiary/aromatic N) is 1. The highest BCUT2D eigenvalue weighted by Crippen LogP contribution is 2.21. The number of ketones is 1. The van der Waals surface area contributed by atoms with E-state index in [0.29, 0.717) is 13.0 Å². The lowest BCUT2D eigenvalue weighted by Crippen LogP contribution is -2.42. The molecule has 1 atom stereocenters. The van der Waals surface area contributed by atoms with Gasteiger partial charge in [0.15, 0.2) is 5.78 Å². The van der Waals surface area contributed by atoms with Crippen molar-refractivity contribution in [1.82, 2.24) is 4.90 Å². The Morgan fingerprint density at radius 3 is 2.67 bits per heavy atom. The molecule has 3 heteroatoms. The molecule has 1 amide bonds. The van der Waals surface area contributed by atoms with Crippen molar-refractivity contribution >= 4 is 11.7 Å². The minimum atomic E-state index is -0.0309. The minimum absolute atomic E-state index is 0.0309. The number of carbonyl (C=O) groups is 2. The Morgan fingerprint density at radius 2 is 2.00 bits per heavy atom. The third-order valence-corrected chi connectivity index (χ3v) is 3.51. The average Bonchev–Trinajstić information content (AvgIpc) is 2.46. The van der Waals surface area contributed by atoms with E-state index in [2.05, 4.69) is 0 Å². The number of benzene rings is 1. The summed E-state index contributed by atoms with van der Waals surface area (Å²) in [5, 5.41) is 0. The van der Waals surface area contributed by atoms with Crippen molar-refractivity contribution in [3.8, 4) is 0 Å². The summed E-state index contributed by atoms with van der Waals surface area (Å²) in [6.07, 6.45) is 2.34. The van der Waals surface area contributed by atoms with E-state index in [4.69, 9.17) is 0 Å². The molecular formula is C15H19NO2. The van der Waals surface area contributed by atoms with Crippen LogP contribution in [0.4, 0.5) is 0 Å². The zero-order valence-corrected chi connectivity index (χ0v) is 10.8. The van der Waals surface area contributed by atoms with Crippen LogP contribution in [0.1, 0.15) is 36.5 Å². The molecule has 1 unspecified atom stereocenters. The van der Waals surface area contributed by atoms with Crippen LogP contribution in [0.2, 0.25) is 0 Å². The van der Waals surface area contributed by atoms with Crippen LogP contribution in [-0.4, -0.2) is 29.7 Å². The summed E-state index contributed by atoms with van der Waals surface area (Å²) >= 11 is 0. The maximum absolute atomic E-state index is 12.3. The van der Waals surface area contributed by atoms with E-state index in [-0.39, 0.29) is 17.6 Å². The number of rotatable bonds is 3. The fourth-order valence-electron chi connectivity index (χ4n) is 2.48. The van der Waals surface area contributed by atoms with E-state index in [1.54, 1.807) is 0 Å². The third-order valence-electron chi connectivity index (χ3n) is 3.51. The summed E-state index contributed by atoms with van der Waals surface area (Å²) < 4.78 is 0. The van der Waals surface area contributed by atoms with Crippen LogP contribution in [0.5, 0.6) is 0 Å². The second-order valence-corrected chi connectivity index (χ2v) is 4.76.